The van der Waals surface area contributed by atoms with Gasteiger partial charge in [-0.05, 0) is 31.4 Å². The fourth-order valence-corrected chi connectivity index (χ4v) is 2.69. The summed E-state index contributed by atoms with van der Waals surface area (Å²) < 4.78 is 1.08. The summed E-state index contributed by atoms with van der Waals surface area (Å²) in [6.45, 7) is 1.98. The smallest absolute Gasteiger partial charge is 0.326 e. The maximum Gasteiger partial charge on any atom is 0.326 e. The van der Waals surface area contributed by atoms with Crippen LogP contribution in [0.25, 0.3) is 0 Å². The van der Waals surface area contributed by atoms with Crippen molar-refractivity contribution in [2.45, 2.75) is 25.8 Å². The van der Waals surface area contributed by atoms with Gasteiger partial charge in [0.15, 0.2) is 0 Å². The molecule has 0 fully saturated rings. The van der Waals surface area contributed by atoms with E-state index in [1.807, 2.05) is 31.2 Å². The van der Waals surface area contributed by atoms with Crippen molar-refractivity contribution in [3.63, 3.8) is 0 Å². The van der Waals surface area contributed by atoms with Gasteiger partial charge in [-0.3, -0.25) is 9.36 Å². The van der Waals surface area contributed by atoms with Gasteiger partial charge in [-0.25, -0.2) is 4.79 Å². The average molecular weight is 340 g/mol. The standard InChI is InChI=1S/C16H15Cl2NO3/c1-10-2-4-11(5-3-10)6-7-14(16(21)22)19-9-12(17)8-13(18)15(19)20/h2-5,8-9,14H,6-7H2,1H3,(H,21,22). The molecule has 0 amide bonds. The predicted octanol–water partition coefficient (Wildman–Crippen LogP) is 3.72. The predicted molar refractivity (Wildman–Crippen MR) is 86.9 cm³/mol. The number of benzene rings is 1. The van der Waals surface area contributed by atoms with E-state index in [1.165, 1.54) is 12.3 Å². The summed E-state index contributed by atoms with van der Waals surface area (Å²) in [6.07, 6.45) is 2.12. The zero-order valence-electron chi connectivity index (χ0n) is 11.9. The van der Waals surface area contributed by atoms with Gasteiger partial charge >= 0.3 is 5.97 Å². The van der Waals surface area contributed by atoms with E-state index in [0.717, 1.165) is 15.7 Å². The summed E-state index contributed by atoms with van der Waals surface area (Å²) in [7, 11) is 0. The number of nitrogens with zero attached hydrogens (tertiary/aromatic N) is 1. The Labute approximate surface area is 137 Å². The number of hydrogen-bond acceptors (Lipinski definition) is 2. The topological polar surface area (TPSA) is 59.3 Å². The van der Waals surface area contributed by atoms with E-state index in [1.54, 1.807) is 0 Å². The molecule has 22 heavy (non-hydrogen) atoms. The van der Waals surface area contributed by atoms with E-state index in [9.17, 15) is 14.7 Å². The number of carbonyl (C=O) groups is 1. The third-order valence-corrected chi connectivity index (χ3v) is 3.89. The highest BCUT2D eigenvalue weighted by Gasteiger charge is 2.22. The van der Waals surface area contributed by atoms with E-state index < -0.39 is 17.6 Å². The summed E-state index contributed by atoms with van der Waals surface area (Å²) in [6, 6.07) is 8.12. The molecule has 1 unspecified atom stereocenters. The average Bonchev–Trinajstić information content (AvgIpc) is 2.45. The quantitative estimate of drug-likeness (QED) is 0.902. The monoisotopic (exact) mass is 339 g/mol. The molecule has 1 N–H and O–H groups in total. The first-order valence-corrected chi connectivity index (χ1v) is 7.49. The zero-order valence-corrected chi connectivity index (χ0v) is 13.4. The third-order valence-electron chi connectivity index (χ3n) is 3.41. The van der Waals surface area contributed by atoms with Gasteiger partial charge in [0, 0.05) is 6.20 Å². The molecular weight excluding hydrogens is 325 g/mol. The summed E-state index contributed by atoms with van der Waals surface area (Å²) in [5, 5.41) is 9.55. The number of aromatic nitrogens is 1. The Morgan fingerprint density at radius 2 is 1.91 bits per heavy atom. The molecule has 0 aliphatic heterocycles. The first-order chi connectivity index (χ1) is 10.4. The normalized spacial score (nSPS) is 12.1. The number of carboxylic acid groups (broad SMARTS) is 1. The van der Waals surface area contributed by atoms with Gasteiger partial charge in [-0.2, -0.15) is 0 Å². The van der Waals surface area contributed by atoms with Crippen LogP contribution in [0.3, 0.4) is 0 Å². The molecule has 2 aromatic rings. The first kappa shape index (κ1) is 16.6. The number of aliphatic carboxylic acids is 1. The van der Waals surface area contributed by atoms with E-state index in [0.29, 0.717) is 6.42 Å². The van der Waals surface area contributed by atoms with Crippen LogP contribution in [-0.4, -0.2) is 15.6 Å². The molecule has 0 saturated heterocycles. The highest BCUT2D eigenvalue weighted by Crippen LogP contribution is 2.19. The molecule has 1 atom stereocenters. The minimum absolute atomic E-state index is 0.0888. The van der Waals surface area contributed by atoms with Crippen molar-refractivity contribution in [2.75, 3.05) is 0 Å². The maximum absolute atomic E-state index is 12.0. The SMILES string of the molecule is Cc1ccc(CCC(C(=O)O)n2cc(Cl)cc(Cl)c2=O)cc1. The second-order valence-corrected chi connectivity index (χ2v) is 5.94. The van der Waals surface area contributed by atoms with Gasteiger partial charge in [-0.1, -0.05) is 53.0 Å². The molecule has 4 nitrogen and oxygen atoms in total. The number of pyridine rings is 1. The molecule has 0 aliphatic rings. The van der Waals surface area contributed by atoms with Crippen molar-refractivity contribution in [2.24, 2.45) is 0 Å². The molecular formula is C16H15Cl2NO3. The molecule has 1 aromatic heterocycles. The fraction of sp³-hybridized carbons (Fsp3) is 0.250. The van der Waals surface area contributed by atoms with Crippen LogP contribution in [0.15, 0.2) is 41.3 Å². The second-order valence-electron chi connectivity index (χ2n) is 5.10. The molecule has 1 heterocycles. The van der Waals surface area contributed by atoms with Crippen molar-refractivity contribution >= 4 is 29.2 Å². The Morgan fingerprint density at radius 1 is 1.27 bits per heavy atom. The summed E-state index contributed by atoms with van der Waals surface area (Å²) >= 11 is 11.7. The van der Waals surface area contributed by atoms with Crippen molar-refractivity contribution in [3.8, 4) is 0 Å². The molecule has 0 bridgehead atoms. The number of rotatable bonds is 5. The minimum atomic E-state index is -1.09. The van der Waals surface area contributed by atoms with Gasteiger partial charge in [0.2, 0.25) is 0 Å². The Hall–Kier alpha value is -1.78. The third kappa shape index (κ3) is 3.90. The maximum atomic E-state index is 12.0. The van der Waals surface area contributed by atoms with Gasteiger partial charge < -0.3 is 5.11 Å². The number of carboxylic acids is 1. The zero-order chi connectivity index (χ0) is 16.3. The van der Waals surface area contributed by atoms with Gasteiger partial charge in [0.05, 0.1) is 5.02 Å². The Balaban J connectivity index is 2.26. The largest absolute Gasteiger partial charge is 0.480 e. The minimum Gasteiger partial charge on any atom is -0.480 e. The molecule has 0 spiro atoms. The molecule has 6 heteroatoms. The highest BCUT2D eigenvalue weighted by molar-refractivity contribution is 6.34. The van der Waals surface area contributed by atoms with Crippen LogP contribution in [-0.2, 0) is 11.2 Å². The van der Waals surface area contributed by atoms with Gasteiger partial charge in [0.1, 0.15) is 11.1 Å². The van der Waals surface area contributed by atoms with Crippen LogP contribution in [0.4, 0.5) is 0 Å². The van der Waals surface area contributed by atoms with Crippen molar-refractivity contribution < 1.29 is 9.90 Å². The van der Waals surface area contributed by atoms with E-state index >= 15 is 0 Å². The molecule has 2 rings (SSSR count). The summed E-state index contributed by atoms with van der Waals surface area (Å²) in [5.74, 6) is -1.09. The second kappa shape index (κ2) is 6.99. The molecule has 1 aromatic carbocycles. The summed E-state index contributed by atoms with van der Waals surface area (Å²) in [5.41, 5.74) is 1.59. The molecule has 0 aliphatic carbocycles. The summed E-state index contributed by atoms with van der Waals surface area (Å²) in [4.78, 5) is 23.5. The van der Waals surface area contributed by atoms with Crippen LogP contribution >= 0.6 is 23.2 Å². The Kier molecular flexibility index (Phi) is 5.27. The van der Waals surface area contributed by atoms with E-state index in [4.69, 9.17) is 23.2 Å². The molecule has 116 valence electrons. The van der Waals surface area contributed by atoms with Crippen LogP contribution in [0.1, 0.15) is 23.6 Å². The lowest BCUT2D eigenvalue weighted by Gasteiger charge is -2.16. The molecule has 0 saturated carbocycles. The Bertz CT molecular complexity index is 738. The van der Waals surface area contributed by atoms with Crippen LogP contribution in [0, 0.1) is 6.92 Å². The first-order valence-electron chi connectivity index (χ1n) is 6.74. The highest BCUT2D eigenvalue weighted by atomic mass is 35.5. The number of hydrogen-bond donors (Lipinski definition) is 1. The van der Waals surface area contributed by atoms with Gasteiger partial charge in [0.25, 0.3) is 5.56 Å². The van der Waals surface area contributed by atoms with E-state index in [-0.39, 0.29) is 16.5 Å². The lowest BCUT2D eigenvalue weighted by atomic mass is 10.0. The number of aryl methyl sites for hydroxylation is 2. The van der Waals surface area contributed by atoms with Crippen molar-refractivity contribution in [3.05, 3.63) is 68.1 Å². The van der Waals surface area contributed by atoms with Crippen LogP contribution < -0.4 is 5.56 Å². The Morgan fingerprint density at radius 3 is 2.50 bits per heavy atom. The van der Waals surface area contributed by atoms with Crippen LogP contribution in [0.2, 0.25) is 10.0 Å². The molecule has 0 radical (unpaired) electrons. The fourth-order valence-electron chi connectivity index (χ4n) is 2.21. The van der Waals surface area contributed by atoms with Gasteiger partial charge in [-0.15, -0.1) is 0 Å². The van der Waals surface area contributed by atoms with Crippen molar-refractivity contribution in [1.29, 1.82) is 0 Å². The van der Waals surface area contributed by atoms with E-state index in [2.05, 4.69) is 0 Å². The number of halogens is 2. The van der Waals surface area contributed by atoms with Crippen molar-refractivity contribution in [1.82, 2.24) is 4.57 Å². The lowest BCUT2D eigenvalue weighted by Crippen LogP contribution is -2.30. The van der Waals surface area contributed by atoms with Crippen LogP contribution in [0.5, 0.6) is 0 Å². The lowest BCUT2D eigenvalue weighted by molar-refractivity contribution is -0.141.